The third kappa shape index (κ3) is 3.22. The molecule has 1 atom stereocenters. The molecular weight excluding hydrogens is 288 g/mol. The highest BCUT2D eigenvalue weighted by Crippen LogP contribution is 2.26. The van der Waals surface area contributed by atoms with Gasteiger partial charge in [-0.15, -0.1) is 0 Å². The van der Waals surface area contributed by atoms with Crippen molar-refractivity contribution in [2.75, 3.05) is 20.2 Å². The molecule has 0 N–H and O–H groups in total. The highest BCUT2D eigenvalue weighted by Gasteiger charge is 2.23. The van der Waals surface area contributed by atoms with Crippen LogP contribution in [0.3, 0.4) is 0 Å². The fraction of sp³-hybridized carbons (Fsp3) is 0.474. The number of benzene rings is 1. The van der Waals surface area contributed by atoms with E-state index in [0.29, 0.717) is 18.0 Å². The quantitative estimate of drug-likeness (QED) is 0.813. The second kappa shape index (κ2) is 6.67. The van der Waals surface area contributed by atoms with E-state index in [4.69, 9.17) is 9.72 Å². The number of esters is 1. The van der Waals surface area contributed by atoms with E-state index in [1.165, 1.54) is 20.0 Å². The van der Waals surface area contributed by atoms with Gasteiger partial charge >= 0.3 is 5.97 Å². The Morgan fingerprint density at radius 1 is 1.39 bits per heavy atom. The lowest BCUT2D eigenvalue weighted by Crippen LogP contribution is -2.34. The maximum absolute atomic E-state index is 12.3. The molecule has 0 saturated carbocycles. The summed E-state index contributed by atoms with van der Waals surface area (Å²) < 4.78 is 5.02. The lowest BCUT2D eigenvalue weighted by molar-refractivity contribution is 0.0596. The molecule has 2 aromatic rings. The molecule has 0 unspecified atom stereocenters. The summed E-state index contributed by atoms with van der Waals surface area (Å²) in [5.74, 6) is 0.410. The zero-order chi connectivity index (χ0) is 16.4. The van der Waals surface area contributed by atoms with E-state index in [0.717, 1.165) is 35.2 Å². The number of para-hydroxylation sites is 1. The number of fused-ring (bicyclic) bond motifs is 1. The maximum Gasteiger partial charge on any atom is 0.340 e. The number of carbonyl (C=O) groups is 1. The minimum absolute atomic E-state index is 0.291. The number of hydrogen-bond acceptors (Lipinski definition) is 4. The number of hydrogen-bond donors (Lipinski definition) is 0. The summed E-state index contributed by atoms with van der Waals surface area (Å²) >= 11 is 0. The molecule has 1 aliphatic rings. The van der Waals surface area contributed by atoms with Crippen molar-refractivity contribution in [2.45, 2.75) is 33.2 Å². The Hall–Kier alpha value is -1.94. The van der Waals surface area contributed by atoms with Gasteiger partial charge in [0.15, 0.2) is 0 Å². The third-order valence-electron chi connectivity index (χ3n) is 4.73. The van der Waals surface area contributed by atoms with Crippen molar-refractivity contribution in [1.29, 1.82) is 0 Å². The molecule has 0 aliphatic carbocycles. The maximum atomic E-state index is 12.3. The van der Waals surface area contributed by atoms with Gasteiger partial charge in [0.1, 0.15) is 0 Å². The second-order valence-electron chi connectivity index (χ2n) is 6.55. The second-order valence-corrected chi connectivity index (χ2v) is 6.55. The van der Waals surface area contributed by atoms with Crippen molar-refractivity contribution >= 4 is 16.9 Å². The molecule has 23 heavy (non-hydrogen) atoms. The Labute approximate surface area is 137 Å². The Morgan fingerprint density at radius 2 is 2.17 bits per heavy atom. The number of methoxy groups -OCH3 is 1. The van der Waals surface area contributed by atoms with E-state index >= 15 is 0 Å². The van der Waals surface area contributed by atoms with E-state index in [1.54, 1.807) is 0 Å². The van der Waals surface area contributed by atoms with Crippen LogP contribution in [0.15, 0.2) is 24.3 Å². The largest absolute Gasteiger partial charge is 0.465 e. The third-order valence-corrected chi connectivity index (χ3v) is 4.73. The molecule has 0 bridgehead atoms. The van der Waals surface area contributed by atoms with Gasteiger partial charge in [-0.1, -0.05) is 25.1 Å². The molecule has 3 rings (SSSR count). The van der Waals surface area contributed by atoms with Gasteiger partial charge in [-0.3, -0.25) is 9.88 Å². The number of rotatable bonds is 3. The first-order valence-corrected chi connectivity index (χ1v) is 8.29. The van der Waals surface area contributed by atoms with Crippen molar-refractivity contribution in [3.63, 3.8) is 0 Å². The molecule has 122 valence electrons. The minimum Gasteiger partial charge on any atom is -0.465 e. The fourth-order valence-corrected chi connectivity index (χ4v) is 3.57. The van der Waals surface area contributed by atoms with Crippen LogP contribution in [0.4, 0.5) is 0 Å². The van der Waals surface area contributed by atoms with Gasteiger partial charge in [-0.05, 0) is 43.9 Å². The molecule has 1 aromatic heterocycles. The summed E-state index contributed by atoms with van der Waals surface area (Å²) in [6.45, 7) is 7.11. The topological polar surface area (TPSA) is 42.4 Å². The number of carbonyl (C=O) groups excluding carboxylic acids is 1. The number of piperidine rings is 1. The summed E-state index contributed by atoms with van der Waals surface area (Å²) in [6.07, 6.45) is 2.49. The highest BCUT2D eigenvalue weighted by molar-refractivity contribution is 5.98. The number of likely N-dealkylation sites (tertiary alicyclic amines) is 1. The molecule has 1 aromatic carbocycles. The lowest BCUT2D eigenvalue weighted by Gasteiger charge is -2.31. The first-order chi connectivity index (χ1) is 11.1. The van der Waals surface area contributed by atoms with Crippen LogP contribution in [0.1, 0.15) is 41.4 Å². The molecule has 0 amide bonds. The van der Waals surface area contributed by atoms with E-state index < -0.39 is 0 Å². The standard InChI is InChI=1S/C19H24N2O2/c1-13-7-6-10-21(11-13)12-17-18(19(22)23-3)14(2)15-8-4-5-9-16(15)20-17/h4-5,8-9,13H,6-7,10-12H2,1-3H3/t13-/m1/s1. The Kier molecular flexibility index (Phi) is 4.62. The SMILES string of the molecule is COC(=O)c1c(CN2CCC[C@@H](C)C2)nc2ccccc2c1C. The molecule has 0 spiro atoms. The molecule has 2 heterocycles. The average molecular weight is 312 g/mol. The summed E-state index contributed by atoms with van der Waals surface area (Å²) in [5.41, 5.74) is 3.37. The van der Waals surface area contributed by atoms with Crippen LogP contribution in [0, 0.1) is 12.8 Å². The number of aromatic nitrogens is 1. The number of aryl methyl sites for hydroxylation is 1. The summed E-state index contributed by atoms with van der Waals surface area (Å²) in [6, 6.07) is 7.98. The van der Waals surface area contributed by atoms with Crippen LogP contribution in [0.5, 0.6) is 0 Å². The number of nitrogens with zero attached hydrogens (tertiary/aromatic N) is 2. The molecular formula is C19H24N2O2. The van der Waals surface area contributed by atoms with E-state index in [-0.39, 0.29) is 5.97 Å². The predicted molar refractivity (Wildman–Crippen MR) is 91.5 cm³/mol. The van der Waals surface area contributed by atoms with E-state index in [9.17, 15) is 4.79 Å². The fourth-order valence-electron chi connectivity index (χ4n) is 3.57. The molecule has 4 heteroatoms. The van der Waals surface area contributed by atoms with Crippen molar-refractivity contribution in [2.24, 2.45) is 5.92 Å². The lowest BCUT2D eigenvalue weighted by atomic mass is 9.98. The first-order valence-electron chi connectivity index (χ1n) is 8.29. The minimum atomic E-state index is -0.291. The summed E-state index contributed by atoms with van der Waals surface area (Å²) in [5, 5.41) is 1.02. The van der Waals surface area contributed by atoms with Crippen molar-refractivity contribution < 1.29 is 9.53 Å². The van der Waals surface area contributed by atoms with Crippen molar-refractivity contribution in [1.82, 2.24) is 9.88 Å². The van der Waals surface area contributed by atoms with E-state index in [1.807, 2.05) is 31.2 Å². The molecule has 0 radical (unpaired) electrons. The Balaban J connectivity index is 2.04. The predicted octanol–water partition coefficient (Wildman–Crippen LogP) is 3.56. The average Bonchev–Trinajstić information content (AvgIpc) is 2.54. The number of ether oxygens (including phenoxy) is 1. The zero-order valence-corrected chi connectivity index (χ0v) is 14.1. The van der Waals surface area contributed by atoms with Gasteiger partial charge < -0.3 is 4.74 Å². The molecule has 4 nitrogen and oxygen atoms in total. The van der Waals surface area contributed by atoms with Crippen LogP contribution in [0.25, 0.3) is 10.9 Å². The van der Waals surface area contributed by atoms with E-state index in [2.05, 4.69) is 11.8 Å². The Bertz CT molecular complexity index is 727. The van der Waals surface area contributed by atoms with Gasteiger partial charge in [-0.25, -0.2) is 4.79 Å². The highest BCUT2D eigenvalue weighted by atomic mass is 16.5. The van der Waals surface area contributed by atoms with Crippen LogP contribution >= 0.6 is 0 Å². The first kappa shape index (κ1) is 15.9. The van der Waals surface area contributed by atoms with Crippen molar-refractivity contribution in [3.8, 4) is 0 Å². The summed E-state index contributed by atoms with van der Waals surface area (Å²) in [4.78, 5) is 19.5. The van der Waals surface area contributed by atoms with Gasteiger partial charge in [0, 0.05) is 18.5 Å². The van der Waals surface area contributed by atoms with Gasteiger partial charge in [0.2, 0.25) is 0 Å². The number of pyridine rings is 1. The smallest absolute Gasteiger partial charge is 0.340 e. The van der Waals surface area contributed by atoms with Crippen LogP contribution in [0.2, 0.25) is 0 Å². The Morgan fingerprint density at radius 3 is 2.91 bits per heavy atom. The monoisotopic (exact) mass is 312 g/mol. The normalized spacial score (nSPS) is 19.0. The van der Waals surface area contributed by atoms with Gasteiger partial charge in [-0.2, -0.15) is 0 Å². The van der Waals surface area contributed by atoms with Crippen LogP contribution < -0.4 is 0 Å². The zero-order valence-electron chi connectivity index (χ0n) is 14.1. The molecule has 1 saturated heterocycles. The molecule has 1 aliphatic heterocycles. The summed E-state index contributed by atoms with van der Waals surface area (Å²) in [7, 11) is 1.43. The molecule has 1 fully saturated rings. The van der Waals surface area contributed by atoms with Crippen LogP contribution in [-0.4, -0.2) is 36.1 Å². The van der Waals surface area contributed by atoms with Gasteiger partial charge in [0.25, 0.3) is 0 Å². The van der Waals surface area contributed by atoms with Crippen LogP contribution in [-0.2, 0) is 11.3 Å². The van der Waals surface area contributed by atoms with Crippen molar-refractivity contribution in [3.05, 3.63) is 41.1 Å². The van der Waals surface area contributed by atoms with Gasteiger partial charge in [0.05, 0.1) is 23.9 Å².